The highest BCUT2D eigenvalue weighted by atomic mass is 16.5. The second kappa shape index (κ2) is 7.35. The summed E-state index contributed by atoms with van der Waals surface area (Å²) in [5, 5.41) is 0. The third-order valence-corrected chi connectivity index (χ3v) is 6.21. The minimum atomic E-state index is 0.239. The van der Waals surface area contributed by atoms with Crippen LogP contribution in [-0.4, -0.2) is 60.2 Å². The van der Waals surface area contributed by atoms with Crippen molar-refractivity contribution in [2.45, 2.75) is 44.6 Å². The van der Waals surface area contributed by atoms with E-state index in [1.54, 1.807) is 19.5 Å². The zero-order valence-corrected chi connectivity index (χ0v) is 15.6. The van der Waals surface area contributed by atoms with Gasteiger partial charge in [-0.1, -0.05) is 6.08 Å². The molecule has 2 saturated heterocycles. The van der Waals surface area contributed by atoms with Crippen molar-refractivity contribution in [3.8, 4) is 0 Å². The van der Waals surface area contributed by atoms with E-state index in [4.69, 9.17) is 4.74 Å². The summed E-state index contributed by atoms with van der Waals surface area (Å²) in [5.74, 6) is 1.06. The van der Waals surface area contributed by atoms with Crippen LogP contribution in [0.4, 0.5) is 5.95 Å². The zero-order chi connectivity index (χ0) is 18.0. The van der Waals surface area contributed by atoms with Crippen LogP contribution in [0.1, 0.15) is 38.5 Å². The van der Waals surface area contributed by atoms with Gasteiger partial charge >= 0.3 is 0 Å². The van der Waals surface area contributed by atoms with Gasteiger partial charge in [0.05, 0.1) is 12.6 Å². The number of amides is 1. The minimum Gasteiger partial charge on any atom is -0.383 e. The quantitative estimate of drug-likeness (QED) is 0.829. The van der Waals surface area contributed by atoms with E-state index in [0.29, 0.717) is 12.6 Å². The average Bonchev–Trinajstić information content (AvgIpc) is 3.32. The number of ether oxygens (including phenoxy) is 1. The van der Waals surface area contributed by atoms with Crippen molar-refractivity contribution in [2.75, 3.05) is 38.3 Å². The minimum absolute atomic E-state index is 0.239. The third-order valence-electron chi connectivity index (χ3n) is 6.21. The Balaban J connectivity index is 1.44. The Morgan fingerprint density at radius 2 is 2.08 bits per heavy atom. The number of hydrogen-bond donors (Lipinski definition) is 0. The molecule has 2 aliphatic heterocycles. The molecule has 3 aliphatic rings. The van der Waals surface area contributed by atoms with E-state index >= 15 is 0 Å². The molecular formula is C20H28N4O2. The number of anilines is 1. The fourth-order valence-corrected chi connectivity index (χ4v) is 4.79. The number of carbonyl (C=O) groups excluding carboxylic acids is 1. The molecule has 2 fully saturated rings. The van der Waals surface area contributed by atoms with Crippen LogP contribution in [0.3, 0.4) is 0 Å². The molecule has 1 aromatic rings. The second-order valence-electron chi connectivity index (χ2n) is 7.90. The molecule has 6 nitrogen and oxygen atoms in total. The van der Waals surface area contributed by atoms with E-state index < -0.39 is 0 Å². The Bertz CT molecular complexity index is 668. The number of carbonyl (C=O) groups is 1. The van der Waals surface area contributed by atoms with Crippen LogP contribution in [-0.2, 0) is 9.53 Å². The topological polar surface area (TPSA) is 58.6 Å². The van der Waals surface area contributed by atoms with Crippen LogP contribution in [0, 0.1) is 5.41 Å². The van der Waals surface area contributed by atoms with Gasteiger partial charge in [-0.15, -0.1) is 0 Å². The summed E-state index contributed by atoms with van der Waals surface area (Å²) in [5.41, 5.74) is 1.27. The van der Waals surface area contributed by atoms with E-state index in [1.807, 2.05) is 6.07 Å². The molecule has 1 spiro atoms. The molecule has 0 radical (unpaired) electrons. The Morgan fingerprint density at radius 1 is 1.31 bits per heavy atom. The SMILES string of the molecule is COCC1CC2(CCN(C(=O)C3=CCCC3)CC2)CN1c1ncccn1. The number of allylic oxidation sites excluding steroid dienone is 1. The molecule has 0 saturated carbocycles. The normalized spacial score (nSPS) is 25.0. The molecule has 0 N–H and O–H groups in total. The first-order valence-electron chi connectivity index (χ1n) is 9.72. The van der Waals surface area contributed by atoms with Crippen molar-refractivity contribution < 1.29 is 9.53 Å². The number of piperidine rings is 1. The van der Waals surface area contributed by atoms with Crippen LogP contribution in [0.5, 0.6) is 0 Å². The molecule has 1 aliphatic carbocycles. The van der Waals surface area contributed by atoms with Crippen molar-refractivity contribution in [3.63, 3.8) is 0 Å². The summed E-state index contributed by atoms with van der Waals surface area (Å²) in [6, 6.07) is 2.16. The number of likely N-dealkylation sites (tertiary alicyclic amines) is 1. The number of rotatable bonds is 4. The van der Waals surface area contributed by atoms with Crippen LogP contribution in [0.25, 0.3) is 0 Å². The first-order valence-corrected chi connectivity index (χ1v) is 9.72. The first-order chi connectivity index (χ1) is 12.7. The summed E-state index contributed by atoms with van der Waals surface area (Å²) in [4.78, 5) is 25.9. The molecule has 3 heterocycles. The smallest absolute Gasteiger partial charge is 0.249 e. The van der Waals surface area contributed by atoms with Crippen LogP contribution in [0.15, 0.2) is 30.1 Å². The molecule has 1 unspecified atom stereocenters. The molecule has 140 valence electrons. The van der Waals surface area contributed by atoms with Gasteiger partial charge in [0.25, 0.3) is 0 Å². The Kier molecular flexibility index (Phi) is 4.94. The van der Waals surface area contributed by atoms with E-state index in [-0.39, 0.29) is 11.3 Å². The van der Waals surface area contributed by atoms with Gasteiger partial charge in [0.2, 0.25) is 11.9 Å². The van der Waals surface area contributed by atoms with Gasteiger partial charge in [-0.3, -0.25) is 4.79 Å². The molecule has 0 bridgehead atoms. The van der Waals surface area contributed by atoms with E-state index in [1.165, 1.54) is 0 Å². The third kappa shape index (κ3) is 3.34. The van der Waals surface area contributed by atoms with Crippen molar-refractivity contribution in [1.82, 2.24) is 14.9 Å². The van der Waals surface area contributed by atoms with Crippen molar-refractivity contribution >= 4 is 11.9 Å². The van der Waals surface area contributed by atoms with Gasteiger partial charge in [-0.05, 0) is 50.0 Å². The van der Waals surface area contributed by atoms with Crippen LogP contribution < -0.4 is 4.90 Å². The second-order valence-corrected chi connectivity index (χ2v) is 7.90. The molecule has 26 heavy (non-hydrogen) atoms. The highest BCUT2D eigenvalue weighted by Gasteiger charge is 2.47. The van der Waals surface area contributed by atoms with Gasteiger partial charge in [0, 0.05) is 44.7 Å². The Labute approximate surface area is 155 Å². The van der Waals surface area contributed by atoms with E-state index in [9.17, 15) is 4.79 Å². The van der Waals surface area contributed by atoms with Gasteiger partial charge < -0.3 is 14.5 Å². The molecule has 4 rings (SSSR count). The lowest BCUT2D eigenvalue weighted by atomic mass is 9.76. The fourth-order valence-electron chi connectivity index (χ4n) is 4.79. The maximum Gasteiger partial charge on any atom is 0.249 e. The van der Waals surface area contributed by atoms with E-state index in [2.05, 4.69) is 25.8 Å². The summed E-state index contributed by atoms with van der Waals surface area (Å²) in [6.07, 6.45) is 12.1. The van der Waals surface area contributed by atoms with Crippen LogP contribution >= 0.6 is 0 Å². The predicted molar refractivity (Wildman–Crippen MR) is 99.8 cm³/mol. The number of methoxy groups -OCH3 is 1. The zero-order valence-electron chi connectivity index (χ0n) is 15.6. The van der Waals surface area contributed by atoms with Crippen LogP contribution in [0.2, 0.25) is 0 Å². The highest BCUT2D eigenvalue weighted by molar-refractivity contribution is 5.93. The summed E-state index contributed by atoms with van der Waals surface area (Å²) < 4.78 is 5.47. The average molecular weight is 356 g/mol. The largest absolute Gasteiger partial charge is 0.383 e. The number of nitrogens with zero attached hydrogens (tertiary/aromatic N) is 4. The summed E-state index contributed by atoms with van der Waals surface area (Å²) in [6.45, 7) is 3.37. The number of aromatic nitrogens is 2. The number of hydrogen-bond acceptors (Lipinski definition) is 5. The van der Waals surface area contributed by atoms with Crippen molar-refractivity contribution in [2.24, 2.45) is 5.41 Å². The van der Waals surface area contributed by atoms with Gasteiger partial charge in [-0.2, -0.15) is 0 Å². The van der Waals surface area contributed by atoms with Gasteiger partial charge in [0.1, 0.15) is 0 Å². The predicted octanol–water partition coefficient (Wildman–Crippen LogP) is 2.42. The highest BCUT2D eigenvalue weighted by Crippen LogP contribution is 2.44. The maximum absolute atomic E-state index is 12.7. The molecular weight excluding hydrogens is 328 g/mol. The lowest BCUT2D eigenvalue weighted by Crippen LogP contribution is -2.44. The Morgan fingerprint density at radius 3 is 2.73 bits per heavy atom. The molecule has 0 aromatic carbocycles. The lowest BCUT2D eigenvalue weighted by Gasteiger charge is -2.39. The summed E-state index contributed by atoms with van der Waals surface area (Å²) in [7, 11) is 1.76. The molecule has 6 heteroatoms. The standard InChI is InChI=1S/C20H28N4O2/c1-26-14-17-13-20(15-24(17)19-21-9-4-10-22-19)7-11-23(12-8-20)18(25)16-5-2-3-6-16/h4-5,9-10,17H,2-3,6-8,11-15H2,1H3. The summed E-state index contributed by atoms with van der Waals surface area (Å²) >= 11 is 0. The van der Waals surface area contributed by atoms with Gasteiger partial charge in [-0.25, -0.2) is 9.97 Å². The van der Waals surface area contributed by atoms with Crippen molar-refractivity contribution in [1.29, 1.82) is 0 Å². The first kappa shape index (κ1) is 17.5. The lowest BCUT2D eigenvalue weighted by molar-refractivity contribution is -0.129. The monoisotopic (exact) mass is 356 g/mol. The molecule has 1 amide bonds. The Hall–Kier alpha value is -1.95. The fraction of sp³-hybridized carbons (Fsp3) is 0.650. The maximum atomic E-state index is 12.7. The van der Waals surface area contributed by atoms with E-state index in [0.717, 1.165) is 69.7 Å². The molecule has 1 aromatic heterocycles. The van der Waals surface area contributed by atoms with Crippen molar-refractivity contribution in [3.05, 3.63) is 30.1 Å². The molecule has 1 atom stereocenters. The van der Waals surface area contributed by atoms with Gasteiger partial charge in [0.15, 0.2) is 0 Å².